The number of amides is 2. The second-order valence-corrected chi connectivity index (χ2v) is 5.28. The molecule has 0 aliphatic rings. The van der Waals surface area contributed by atoms with E-state index < -0.39 is 35.8 Å². The zero-order valence-corrected chi connectivity index (χ0v) is 14.9. The largest absolute Gasteiger partial charge is 0.467 e. The fourth-order valence-corrected chi connectivity index (χ4v) is 2.07. The van der Waals surface area contributed by atoms with E-state index in [1.807, 2.05) is 0 Å². The normalized spacial score (nSPS) is 12.7. The average Bonchev–Trinajstić information content (AvgIpc) is 2.65. The topological polar surface area (TPSA) is 111 Å². The third-order valence-electron chi connectivity index (χ3n) is 3.34. The van der Waals surface area contributed by atoms with Crippen LogP contribution in [-0.2, 0) is 23.9 Å². The lowest BCUT2D eigenvalue weighted by atomic mass is 10.1. The number of rotatable bonds is 8. The molecule has 0 aromatic heterocycles. The molecular formula is C18H22N2O6. The van der Waals surface area contributed by atoms with Crippen molar-refractivity contribution in [3.05, 3.63) is 48.0 Å². The summed E-state index contributed by atoms with van der Waals surface area (Å²) in [6, 6.07) is 6.48. The van der Waals surface area contributed by atoms with Crippen molar-refractivity contribution < 1.29 is 28.7 Å². The molecule has 140 valence electrons. The third kappa shape index (κ3) is 6.76. The number of methoxy groups -OCH3 is 2. The van der Waals surface area contributed by atoms with Gasteiger partial charge in [-0.1, -0.05) is 30.4 Å². The summed E-state index contributed by atoms with van der Waals surface area (Å²) in [5.74, 6) is -2.12. The smallest absolute Gasteiger partial charge is 0.332 e. The number of nitrogens with one attached hydrogen (secondary N) is 2. The Hall–Kier alpha value is -3.16. The lowest BCUT2D eigenvalue weighted by Gasteiger charge is -2.15. The van der Waals surface area contributed by atoms with E-state index in [0.29, 0.717) is 5.56 Å². The fraction of sp³-hybridized carbons (Fsp3) is 0.333. The molecule has 8 heteroatoms. The van der Waals surface area contributed by atoms with Crippen molar-refractivity contribution in [3.63, 3.8) is 0 Å². The van der Waals surface area contributed by atoms with Gasteiger partial charge in [0.2, 0.25) is 5.91 Å². The molecule has 1 aromatic carbocycles. The highest BCUT2D eigenvalue weighted by atomic mass is 16.5. The second-order valence-electron chi connectivity index (χ2n) is 5.28. The van der Waals surface area contributed by atoms with E-state index in [0.717, 1.165) is 0 Å². The van der Waals surface area contributed by atoms with Crippen LogP contribution >= 0.6 is 0 Å². The summed E-state index contributed by atoms with van der Waals surface area (Å²) in [6.07, 6.45) is 2.94. The van der Waals surface area contributed by atoms with Gasteiger partial charge in [-0.2, -0.15) is 0 Å². The number of hydrogen-bond donors (Lipinski definition) is 2. The van der Waals surface area contributed by atoms with Crippen LogP contribution in [0.1, 0.15) is 23.7 Å². The Morgan fingerprint density at radius 2 is 1.62 bits per heavy atom. The summed E-state index contributed by atoms with van der Waals surface area (Å²) < 4.78 is 9.29. The zero-order valence-electron chi connectivity index (χ0n) is 14.9. The van der Waals surface area contributed by atoms with Gasteiger partial charge in [-0.15, -0.1) is 0 Å². The summed E-state index contributed by atoms with van der Waals surface area (Å²) in [4.78, 5) is 46.9. The Kier molecular flexibility index (Phi) is 8.56. The van der Waals surface area contributed by atoms with Crippen LogP contribution in [0.3, 0.4) is 0 Å². The molecule has 1 rings (SSSR count). The highest BCUT2D eigenvalue weighted by Crippen LogP contribution is 2.04. The van der Waals surface area contributed by atoms with E-state index in [-0.39, 0.29) is 6.42 Å². The van der Waals surface area contributed by atoms with E-state index >= 15 is 0 Å². The van der Waals surface area contributed by atoms with Crippen LogP contribution in [0.15, 0.2) is 42.5 Å². The van der Waals surface area contributed by atoms with Gasteiger partial charge in [0.05, 0.1) is 14.2 Å². The summed E-state index contributed by atoms with van der Waals surface area (Å²) >= 11 is 0. The summed E-state index contributed by atoms with van der Waals surface area (Å²) in [7, 11) is 2.41. The molecule has 0 fully saturated rings. The van der Waals surface area contributed by atoms with Crippen LogP contribution < -0.4 is 10.6 Å². The van der Waals surface area contributed by atoms with Crippen LogP contribution in [0.4, 0.5) is 0 Å². The predicted molar refractivity (Wildman–Crippen MR) is 93.1 cm³/mol. The van der Waals surface area contributed by atoms with Crippen molar-refractivity contribution in [1.82, 2.24) is 10.6 Å². The van der Waals surface area contributed by atoms with Gasteiger partial charge >= 0.3 is 11.9 Å². The molecule has 1 aromatic rings. The predicted octanol–water partition coefficient (Wildman–Crippen LogP) is 0.582. The molecule has 0 saturated carbocycles. The van der Waals surface area contributed by atoms with Crippen molar-refractivity contribution in [2.24, 2.45) is 0 Å². The second kappa shape index (κ2) is 10.7. The number of benzene rings is 1. The maximum Gasteiger partial charge on any atom is 0.332 e. The number of hydrogen-bond acceptors (Lipinski definition) is 6. The fourth-order valence-electron chi connectivity index (χ4n) is 2.07. The minimum atomic E-state index is -0.986. The molecule has 2 atom stereocenters. The van der Waals surface area contributed by atoms with Crippen molar-refractivity contribution >= 4 is 23.8 Å². The standard InChI is InChI=1S/C18H22N2O6/c1-12(21)19-14(17(23)25-2)10-7-11-15(18(24)26-3)20-16(22)13-8-5-4-6-9-13/h4-10,14-15H,11H2,1-3H3,(H,19,21)(H,20,22). The van der Waals surface area contributed by atoms with Gasteiger partial charge in [0.1, 0.15) is 12.1 Å². The number of carbonyl (C=O) groups excluding carboxylic acids is 4. The molecule has 0 radical (unpaired) electrons. The summed E-state index contributed by atoms with van der Waals surface area (Å²) in [6.45, 7) is 1.26. The zero-order chi connectivity index (χ0) is 19.5. The van der Waals surface area contributed by atoms with Gasteiger partial charge in [0, 0.05) is 12.5 Å². The van der Waals surface area contributed by atoms with E-state index in [9.17, 15) is 19.2 Å². The van der Waals surface area contributed by atoms with Gasteiger partial charge in [-0.05, 0) is 18.6 Å². The maximum absolute atomic E-state index is 12.2. The first-order valence-electron chi connectivity index (χ1n) is 7.84. The Morgan fingerprint density at radius 3 is 2.15 bits per heavy atom. The van der Waals surface area contributed by atoms with Gasteiger partial charge in [-0.25, -0.2) is 9.59 Å². The molecule has 2 unspecified atom stereocenters. The number of carbonyl (C=O) groups is 4. The van der Waals surface area contributed by atoms with Crippen LogP contribution in [0.25, 0.3) is 0 Å². The van der Waals surface area contributed by atoms with Crippen LogP contribution in [0.5, 0.6) is 0 Å². The lowest BCUT2D eigenvalue weighted by Crippen LogP contribution is -2.41. The average molecular weight is 362 g/mol. The molecule has 26 heavy (non-hydrogen) atoms. The first kappa shape index (κ1) is 20.9. The van der Waals surface area contributed by atoms with Crippen LogP contribution in [-0.4, -0.2) is 50.1 Å². The Morgan fingerprint density at radius 1 is 1.00 bits per heavy atom. The highest BCUT2D eigenvalue weighted by Gasteiger charge is 2.22. The van der Waals surface area contributed by atoms with Crippen molar-refractivity contribution in [3.8, 4) is 0 Å². The SMILES string of the molecule is COC(=O)C(C=CCC(NC(=O)c1ccccc1)C(=O)OC)NC(C)=O. The molecular weight excluding hydrogens is 340 g/mol. The molecule has 0 heterocycles. The molecule has 0 aliphatic carbocycles. The monoisotopic (exact) mass is 362 g/mol. The Labute approximate surface area is 151 Å². The molecule has 2 amide bonds. The van der Waals surface area contributed by atoms with Gasteiger partial charge in [0.25, 0.3) is 5.91 Å². The molecule has 0 aliphatic heterocycles. The van der Waals surface area contributed by atoms with Gasteiger partial charge < -0.3 is 20.1 Å². The first-order valence-corrected chi connectivity index (χ1v) is 7.84. The van der Waals surface area contributed by atoms with E-state index in [2.05, 4.69) is 15.4 Å². The number of esters is 2. The van der Waals surface area contributed by atoms with Crippen molar-refractivity contribution in [2.45, 2.75) is 25.4 Å². The van der Waals surface area contributed by atoms with E-state index in [1.165, 1.54) is 33.3 Å². The minimum Gasteiger partial charge on any atom is -0.467 e. The maximum atomic E-state index is 12.2. The molecule has 0 bridgehead atoms. The third-order valence-corrected chi connectivity index (χ3v) is 3.34. The first-order chi connectivity index (χ1) is 12.4. The molecule has 8 nitrogen and oxygen atoms in total. The minimum absolute atomic E-state index is 0.0678. The Bertz CT molecular complexity index is 672. The lowest BCUT2D eigenvalue weighted by molar-refractivity contribution is -0.143. The Balaban J connectivity index is 2.80. The number of ether oxygens (including phenoxy) is 2. The van der Waals surface area contributed by atoms with Crippen LogP contribution in [0.2, 0.25) is 0 Å². The molecule has 0 saturated heterocycles. The van der Waals surface area contributed by atoms with E-state index in [4.69, 9.17) is 4.74 Å². The van der Waals surface area contributed by atoms with Gasteiger partial charge in [-0.3, -0.25) is 9.59 Å². The van der Waals surface area contributed by atoms with Crippen LogP contribution in [0, 0.1) is 0 Å². The van der Waals surface area contributed by atoms with E-state index in [1.54, 1.807) is 30.3 Å². The van der Waals surface area contributed by atoms with Crippen molar-refractivity contribution in [1.29, 1.82) is 0 Å². The quantitative estimate of drug-likeness (QED) is 0.517. The summed E-state index contributed by atoms with van der Waals surface area (Å²) in [5.41, 5.74) is 0.399. The molecule has 2 N–H and O–H groups in total. The summed E-state index contributed by atoms with van der Waals surface area (Å²) in [5, 5.41) is 4.98. The van der Waals surface area contributed by atoms with Crippen molar-refractivity contribution in [2.75, 3.05) is 14.2 Å². The highest BCUT2D eigenvalue weighted by molar-refractivity contribution is 5.96. The van der Waals surface area contributed by atoms with Gasteiger partial charge in [0.15, 0.2) is 0 Å². The molecule has 0 spiro atoms.